The van der Waals surface area contributed by atoms with Crippen molar-refractivity contribution in [3.05, 3.63) is 53.1 Å². The molecule has 1 fully saturated rings. The number of carbonyl (C=O) groups is 2. The molecule has 6 nitrogen and oxygen atoms in total. The average Bonchev–Trinajstić information content (AvgIpc) is 3.05. The first-order chi connectivity index (χ1) is 14.3. The third-order valence-electron chi connectivity index (χ3n) is 4.70. The minimum Gasteiger partial charge on any atom is -0.493 e. The normalized spacial score (nSPS) is 15.9. The molecule has 1 N–H and O–H groups in total. The summed E-state index contributed by atoms with van der Waals surface area (Å²) in [5, 5.41) is 3.33. The summed E-state index contributed by atoms with van der Waals surface area (Å²) in [7, 11) is 3.94. The summed E-state index contributed by atoms with van der Waals surface area (Å²) < 4.78 is 5.80. The van der Waals surface area contributed by atoms with Crippen LogP contribution in [0.3, 0.4) is 0 Å². The van der Waals surface area contributed by atoms with E-state index in [9.17, 15) is 9.59 Å². The maximum Gasteiger partial charge on any atom is 0.233 e. The number of ether oxygens (including phenoxy) is 1. The first-order valence-corrected chi connectivity index (χ1v) is 11.2. The van der Waals surface area contributed by atoms with Crippen LogP contribution in [0.1, 0.15) is 24.3 Å². The molecule has 0 spiro atoms. The fourth-order valence-electron chi connectivity index (χ4n) is 3.24. The number of halogens is 1. The van der Waals surface area contributed by atoms with Gasteiger partial charge in [0.2, 0.25) is 11.8 Å². The first-order valence-electron chi connectivity index (χ1n) is 9.73. The Morgan fingerprint density at radius 3 is 2.80 bits per heavy atom. The third-order valence-corrected chi connectivity index (χ3v) is 6.27. The molecule has 160 valence electrons. The summed E-state index contributed by atoms with van der Waals surface area (Å²) in [6.45, 7) is 2.53. The van der Waals surface area contributed by atoms with Crippen LogP contribution in [0, 0.1) is 0 Å². The number of nitrogens with zero attached hydrogens (tertiary/aromatic N) is 2. The van der Waals surface area contributed by atoms with Crippen molar-refractivity contribution in [2.24, 2.45) is 0 Å². The lowest BCUT2D eigenvalue weighted by Crippen LogP contribution is -2.30. The first kappa shape index (κ1) is 22.3. The van der Waals surface area contributed by atoms with Crippen LogP contribution in [0.15, 0.2) is 42.5 Å². The molecule has 1 saturated heterocycles. The highest BCUT2D eigenvalue weighted by Crippen LogP contribution is 2.42. The Hall–Kier alpha value is -2.38. The number of anilines is 2. The molecule has 0 radical (unpaired) electrons. The van der Waals surface area contributed by atoms with Gasteiger partial charge in [-0.15, -0.1) is 11.8 Å². The molecule has 2 aromatic carbocycles. The van der Waals surface area contributed by atoms with Crippen molar-refractivity contribution in [3.8, 4) is 5.75 Å². The van der Waals surface area contributed by atoms with Gasteiger partial charge in [-0.05, 0) is 30.7 Å². The molecule has 0 aromatic heterocycles. The molecular formula is C22H26ClN3O3S. The third kappa shape index (κ3) is 5.61. The van der Waals surface area contributed by atoms with E-state index >= 15 is 0 Å². The van der Waals surface area contributed by atoms with Gasteiger partial charge in [0.05, 0.1) is 12.4 Å². The van der Waals surface area contributed by atoms with Crippen molar-refractivity contribution in [2.45, 2.75) is 18.7 Å². The molecule has 0 bridgehead atoms. The van der Waals surface area contributed by atoms with Gasteiger partial charge in [0.15, 0.2) is 0 Å². The number of hydrogen-bond acceptors (Lipinski definition) is 5. The van der Waals surface area contributed by atoms with Gasteiger partial charge in [0, 0.05) is 55.6 Å². The van der Waals surface area contributed by atoms with E-state index in [1.54, 1.807) is 17.8 Å². The van der Waals surface area contributed by atoms with Crippen molar-refractivity contribution in [3.63, 3.8) is 0 Å². The van der Waals surface area contributed by atoms with E-state index in [-0.39, 0.29) is 17.2 Å². The van der Waals surface area contributed by atoms with Crippen molar-refractivity contribution < 1.29 is 14.3 Å². The number of hydrogen-bond donors (Lipinski definition) is 1. The van der Waals surface area contributed by atoms with Crippen molar-refractivity contribution in [1.29, 1.82) is 0 Å². The zero-order valence-corrected chi connectivity index (χ0v) is 18.9. The largest absolute Gasteiger partial charge is 0.493 e. The van der Waals surface area contributed by atoms with Gasteiger partial charge in [-0.25, -0.2) is 0 Å². The molecule has 0 aliphatic carbocycles. The van der Waals surface area contributed by atoms with Crippen LogP contribution in [-0.4, -0.2) is 49.7 Å². The van der Waals surface area contributed by atoms with Crippen molar-refractivity contribution >= 4 is 46.6 Å². The van der Waals surface area contributed by atoms with Gasteiger partial charge < -0.3 is 19.9 Å². The van der Waals surface area contributed by atoms with Gasteiger partial charge >= 0.3 is 0 Å². The summed E-state index contributed by atoms with van der Waals surface area (Å²) >= 11 is 8.13. The molecule has 1 atom stereocenters. The maximum absolute atomic E-state index is 12.4. The lowest BCUT2D eigenvalue weighted by atomic mass is 10.1. The fourth-order valence-corrected chi connectivity index (χ4v) is 4.84. The van der Waals surface area contributed by atoms with Crippen LogP contribution in [0.4, 0.5) is 11.4 Å². The van der Waals surface area contributed by atoms with Crippen LogP contribution >= 0.6 is 23.4 Å². The van der Waals surface area contributed by atoms with Gasteiger partial charge in [0.25, 0.3) is 0 Å². The average molecular weight is 448 g/mol. The van der Waals surface area contributed by atoms with Crippen molar-refractivity contribution in [1.82, 2.24) is 4.90 Å². The summed E-state index contributed by atoms with van der Waals surface area (Å²) in [5.74, 6) is 1.13. The Bertz CT molecular complexity index is 922. The lowest BCUT2D eigenvalue weighted by molar-refractivity contribution is -0.128. The lowest BCUT2D eigenvalue weighted by Gasteiger charge is -2.25. The number of benzene rings is 2. The van der Waals surface area contributed by atoms with Gasteiger partial charge in [0.1, 0.15) is 11.1 Å². The molecule has 30 heavy (non-hydrogen) atoms. The second-order valence-corrected chi connectivity index (χ2v) is 8.74. The Balaban J connectivity index is 1.58. The van der Waals surface area contributed by atoms with Crippen LogP contribution in [-0.2, 0) is 9.59 Å². The highest BCUT2D eigenvalue weighted by molar-refractivity contribution is 8.00. The minimum absolute atomic E-state index is 0.0793. The van der Waals surface area contributed by atoms with Crippen LogP contribution < -0.4 is 15.0 Å². The van der Waals surface area contributed by atoms with E-state index in [2.05, 4.69) is 5.32 Å². The van der Waals surface area contributed by atoms with Gasteiger partial charge in [-0.3, -0.25) is 9.59 Å². The highest BCUT2D eigenvalue weighted by Gasteiger charge is 2.33. The molecule has 2 aromatic rings. The maximum atomic E-state index is 12.4. The number of carbonyl (C=O) groups excluding carboxylic acids is 2. The molecule has 1 aliphatic rings. The van der Waals surface area contributed by atoms with Crippen LogP contribution in [0.25, 0.3) is 0 Å². The molecule has 1 unspecified atom stereocenters. The number of amides is 2. The Morgan fingerprint density at radius 2 is 2.10 bits per heavy atom. The second kappa shape index (κ2) is 10.1. The number of thioether (sulfide) groups is 1. The van der Waals surface area contributed by atoms with E-state index in [0.717, 1.165) is 11.3 Å². The summed E-state index contributed by atoms with van der Waals surface area (Å²) in [4.78, 5) is 27.5. The topological polar surface area (TPSA) is 61.9 Å². The van der Waals surface area contributed by atoms with Gasteiger partial charge in [-0.2, -0.15) is 0 Å². The molecule has 2 amide bonds. The van der Waals surface area contributed by atoms with Crippen LogP contribution in [0.5, 0.6) is 5.75 Å². The predicted molar refractivity (Wildman–Crippen MR) is 124 cm³/mol. The summed E-state index contributed by atoms with van der Waals surface area (Å²) in [6.07, 6.45) is 0.695. The van der Waals surface area contributed by atoms with E-state index in [4.69, 9.17) is 16.3 Å². The highest BCUT2D eigenvalue weighted by atomic mass is 35.5. The molecule has 8 heteroatoms. The molecule has 1 heterocycles. The SMILES string of the molecule is CC(=O)Nc1cccc(OCCCN2C(=O)CSC2c2ccc(N(C)C)cc2Cl)c1. The van der Waals surface area contributed by atoms with Crippen molar-refractivity contribution in [2.75, 3.05) is 43.2 Å². The van der Waals surface area contributed by atoms with E-state index in [1.165, 1.54) is 6.92 Å². The fraction of sp³-hybridized carbons (Fsp3) is 0.364. The van der Waals surface area contributed by atoms with Gasteiger partial charge in [-0.1, -0.05) is 23.7 Å². The molecular weight excluding hydrogens is 422 g/mol. The summed E-state index contributed by atoms with van der Waals surface area (Å²) in [6, 6.07) is 13.2. The second-order valence-electron chi connectivity index (χ2n) is 7.26. The molecule has 0 saturated carbocycles. The predicted octanol–water partition coefficient (Wildman–Crippen LogP) is 4.41. The van der Waals surface area contributed by atoms with E-state index in [1.807, 2.05) is 60.3 Å². The van der Waals surface area contributed by atoms with Crippen LogP contribution in [0.2, 0.25) is 5.02 Å². The van der Waals surface area contributed by atoms with E-state index < -0.39 is 0 Å². The zero-order chi connectivity index (χ0) is 21.7. The number of nitrogens with one attached hydrogen (secondary N) is 1. The standard InChI is InChI=1S/C22H26ClN3O3S/c1-15(27)24-16-6-4-7-18(12-16)29-11-5-10-26-21(28)14-30-22(26)19-9-8-17(25(2)3)13-20(19)23/h4,6-9,12-13,22H,5,10-11,14H2,1-3H3,(H,24,27). The smallest absolute Gasteiger partial charge is 0.233 e. The Kier molecular flexibility index (Phi) is 7.50. The Morgan fingerprint density at radius 1 is 1.30 bits per heavy atom. The molecule has 1 aliphatic heterocycles. The zero-order valence-electron chi connectivity index (χ0n) is 17.4. The minimum atomic E-state index is -0.125. The monoisotopic (exact) mass is 447 g/mol. The Labute approximate surface area is 186 Å². The summed E-state index contributed by atoms with van der Waals surface area (Å²) in [5.41, 5.74) is 2.68. The molecule has 3 rings (SSSR count). The quantitative estimate of drug-likeness (QED) is 0.607. The number of rotatable bonds is 8. The van der Waals surface area contributed by atoms with E-state index in [0.29, 0.717) is 41.8 Å².